The van der Waals surface area contributed by atoms with Gasteiger partial charge in [-0.1, -0.05) is 6.07 Å². The topological polar surface area (TPSA) is 81.9 Å². The van der Waals surface area contributed by atoms with Gasteiger partial charge in [0.1, 0.15) is 24.1 Å². The Kier molecular flexibility index (Phi) is 5.36. The van der Waals surface area contributed by atoms with Crippen molar-refractivity contribution in [2.75, 3.05) is 6.61 Å². The summed E-state index contributed by atoms with van der Waals surface area (Å²) in [7, 11) is 0. The van der Waals surface area contributed by atoms with Gasteiger partial charge in [0.2, 0.25) is 0 Å². The van der Waals surface area contributed by atoms with Crippen LogP contribution in [-0.2, 0) is 17.8 Å². The highest BCUT2D eigenvalue weighted by molar-refractivity contribution is 5.86. The molecule has 2 heterocycles. The number of carbonyl (C=O) groups excluding carboxylic acids is 1. The van der Waals surface area contributed by atoms with E-state index < -0.39 is 5.91 Å². The van der Waals surface area contributed by atoms with Crippen LogP contribution >= 0.6 is 0 Å². The number of carbonyl (C=O) groups is 1. The number of nitrogens with zero attached hydrogens (tertiary/aromatic N) is 2. The summed E-state index contributed by atoms with van der Waals surface area (Å²) in [5.41, 5.74) is 4.01. The number of rotatable bonds is 6. The predicted octanol–water partition coefficient (Wildman–Crippen LogP) is 1.72. The van der Waals surface area contributed by atoms with Gasteiger partial charge in [-0.25, -0.2) is 5.43 Å². The molecule has 1 amide bonds. The monoisotopic (exact) mass is 355 g/mol. The number of nitrogens with one attached hydrogen (secondary N) is 1. The molecule has 0 spiro atoms. The van der Waals surface area contributed by atoms with Crippen molar-refractivity contribution in [1.29, 1.82) is 0 Å². The second kappa shape index (κ2) is 7.86. The standard InChI is InChI=1S/C19H21N3O4/c1-3-25-16-9-14-8-13(2)26-17(14)10-15(16)11-20-21-18(23)12-22-7-5-4-6-19(22)24/h4-7,9-11,13H,3,8,12H2,1-2H3,(H,21,23)/b20-11-/t13-/m0/s1. The Morgan fingerprint density at radius 3 is 3.08 bits per heavy atom. The molecule has 1 aromatic heterocycles. The summed E-state index contributed by atoms with van der Waals surface area (Å²) in [6, 6.07) is 8.53. The minimum atomic E-state index is -0.390. The van der Waals surface area contributed by atoms with E-state index in [1.807, 2.05) is 26.0 Å². The summed E-state index contributed by atoms with van der Waals surface area (Å²) in [6.07, 6.45) is 4.05. The third-order valence-electron chi connectivity index (χ3n) is 3.93. The van der Waals surface area contributed by atoms with Crippen molar-refractivity contribution in [3.05, 3.63) is 58.0 Å². The molecule has 136 valence electrons. The quantitative estimate of drug-likeness (QED) is 0.632. The molecule has 1 atom stereocenters. The van der Waals surface area contributed by atoms with Gasteiger partial charge in [-0.2, -0.15) is 5.10 Å². The lowest BCUT2D eigenvalue weighted by Crippen LogP contribution is -2.29. The smallest absolute Gasteiger partial charge is 0.260 e. The largest absolute Gasteiger partial charge is 0.493 e. The molecular formula is C19H21N3O4. The number of aromatic nitrogens is 1. The average Bonchev–Trinajstić information content (AvgIpc) is 2.96. The normalized spacial score (nSPS) is 15.5. The van der Waals surface area contributed by atoms with Gasteiger partial charge in [-0.15, -0.1) is 0 Å². The Labute approximate surface area is 151 Å². The molecule has 0 bridgehead atoms. The van der Waals surface area contributed by atoms with Gasteiger partial charge < -0.3 is 14.0 Å². The van der Waals surface area contributed by atoms with Gasteiger partial charge in [0, 0.05) is 29.8 Å². The number of hydrogen-bond acceptors (Lipinski definition) is 5. The van der Waals surface area contributed by atoms with Crippen LogP contribution in [0.2, 0.25) is 0 Å². The fraction of sp³-hybridized carbons (Fsp3) is 0.316. The Bertz CT molecular complexity index is 889. The maximum Gasteiger partial charge on any atom is 0.260 e. The minimum Gasteiger partial charge on any atom is -0.493 e. The maximum absolute atomic E-state index is 12.0. The fourth-order valence-corrected chi connectivity index (χ4v) is 2.79. The van der Waals surface area contributed by atoms with Crippen LogP contribution < -0.4 is 20.5 Å². The molecule has 0 saturated heterocycles. The van der Waals surface area contributed by atoms with E-state index >= 15 is 0 Å². The molecule has 1 aliphatic rings. The van der Waals surface area contributed by atoms with E-state index in [0.29, 0.717) is 12.4 Å². The molecule has 1 N–H and O–H groups in total. The fourth-order valence-electron chi connectivity index (χ4n) is 2.79. The highest BCUT2D eigenvalue weighted by Gasteiger charge is 2.21. The number of benzene rings is 1. The van der Waals surface area contributed by atoms with Crippen molar-refractivity contribution < 1.29 is 14.3 Å². The Hall–Kier alpha value is -3.09. The maximum atomic E-state index is 12.0. The first-order valence-corrected chi connectivity index (χ1v) is 8.50. The molecule has 0 saturated carbocycles. The van der Waals surface area contributed by atoms with Crippen LogP contribution in [0, 0.1) is 0 Å². The molecule has 0 aliphatic carbocycles. The number of hydrogen-bond donors (Lipinski definition) is 1. The second-order valence-electron chi connectivity index (χ2n) is 6.02. The lowest BCUT2D eigenvalue weighted by molar-refractivity contribution is -0.121. The van der Waals surface area contributed by atoms with E-state index in [9.17, 15) is 9.59 Å². The molecule has 2 aromatic rings. The number of ether oxygens (including phenoxy) is 2. The van der Waals surface area contributed by atoms with Crippen LogP contribution in [-0.4, -0.2) is 29.4 Å². The van der Waals surface area contributed by atoms with Gasteiger partial charge >= 0.3 is 0 Å². The van der Waals surface area contributed by atoms with Crippen LogP contribution in [0.1, 0.15) is 25.0 Å². The molecule has 0 unspecified atom stereocenters. The van der Waals surface area contributed by atoms with Crippen molar-refractivity contribution >= 4 is 12.1 Å². The van der Waals surface area contributed by atoms with Crippen molar-refractivity contribution in [2.45, 2.75) is 32.9 Å². The zero-order valence-corrected chi connectivity index (χ0v) is 14.8. The zero-order valence-electron chi connectivity index (χ0n) is 14.8. The number of hydrazone groups is 1. The minimum absolute atomic E-state index is 0.0971. The van der Waals surface area contributed by atoms with E-state index in [-0.39, 0.29) is 18.2 Å². The van der Waals surface area contributed by atoms with E-state index in [1.165, 1.54) is 16.8 Å². The first-order chi connectivity index (χ1) is 12.6. The summed E-state index contributed by atoms with van der Waals surface area (Å²) in [5.74, 6) is 1.12. The van der Waals surface area contributed by atoms with Gasteiger partial charge in [0.15, 0.2) is 0 Å². The molecule has 7 nitrogen and oxygen atoms in total. The van der Waals surface area contributed by atoms with Crippen molar-refractivity contribution in [1.82, 2.24) is 9.99 Å². The van der Waals surface area contributed by atoms with E-state index in [2.05, 4.69) is 10.5 Å². The van der Waals surface area contributed by atoms with E-state index in [4.69, 9.17) is 9.47 Å². The Balaban J connectivity index is 1.70. The molecule has 7 heteroatoms. The molecular weight excluding hydrogens is 334 g/mol. The molecule has 1 aliphatic heterocycles. The van der Waals surface area contributed by atoms with E-state index in [0.717, 1.165) is 23.3 Å². The van der Waals surface area contributed by atoms with Crippen molar-refractivity contribution in [3.63, 3.8) is 0 Å². The van der Waals surface area contributed by atoms with Gasteiger partial charge in [0.05, 0.1) is 12.8 Å². The highest BCUT2D eigenvalue weighted by atomic mass is 16.5. The Morgan fingerprint density at radius 2 is 2.31 bits per heavy atom. The lowest BCUT2D eigenvalue weighted by Gasteiger charge is -2.09. The first kappa shape index (κ1) is 17.7. The van der Waals surface area contributed by atoms with Crippen LogP contribution in [0.4, 0.5) is 0 Å². The zero-order chi connectivity index (χ0) is 18.5. The number of amides is 1. The number of pyridine rings is 1. The predicted molar refractivity (Wildman–Crippen MR) is 97.8 cm³/mol. The lowest BCUT2D eigenvalue weighted by atomic mass is 10.1. The summed E-state index contributed by atoms with van der Waals surface area (Å²) < 4.78 is 12.7. The summed E-state index contributed by atoms with van der Waals surface area (Å²) >= 11 is 0. The second-order valence-corrected chi connectivity index (χ2v) is 6.02. The van der Waals surface area contributed by atoms with E-state index in [1.54, 1.807) is 18.3 Å². The summed E-state index contributed by atoms with van der Waals surface area (Å²) in [6.45, 7) is 4.35. The molecule has 3 rings (SSSR count). The van der Waals surface area contributed by atoms with Gasteiger partial charge in [-0.05, 0) is 32.0 Å². The van der Waals surface area contributed by atoms with Crippen LogP contribution in [0.25, 0.3) is 0 Å². The van der Waals surface area contributed by atoms with Crippen molar-refractivity contribution in [2.24, 2.45) is 5.10 Å². The molecule has 0 fully saturated rings. The van der Waals surface area contributed by atoms with Crippen LogP contribution in [0.5, 0.6) is 11.5 Å². The average molecular weight is 355 g/mol. The highest BCUT2D eigenvalue weighted by Crippen LogP contribution is 2.34. The van der Waals surface area contributed by atoms with Crippen molar-refractivity contribution in [3.8, 4) is 11.5 Å². The van der Waals surface area contributed by atoms with Gasteiger partial charge in [0.25, 0.3) is 11.5 Å². The first-order valence-electron chi connectivity index (χ1n) is 8.50. The third kappa shape index (κ3) is 4.11. The summed E-state index contributed by atoms with van der Waals surface area (Å²) in [5, 5.41) is 3.98. The molecule has 0 radical (unpaired) electrons. The molecule has 26 heavy (non-hydrogen) atoms. The molecule has 1 aromatic carbocycles. The van der Waals surface area contributed by atoms with Crippen LogP contribution in [0.15, 0.2) is 46.4 Å². The summed E-state index contributed by atoms with van der Waals surface area (Å²) in [4.78, 5) is 23.6. The van der Waals surface area contributed by atoms with Gasteiger partial charge in [-0.3, -0.25) is 9.59 Å². The van der Waals surface area contributed by atoms with Crippen LogP contribution in [0.3, 0.4) is 0 Å². The third-order valence-corrected chi connectivity index (χ3v) is 3.93. The number of fused-ring (bicyclic) bond motifs is 1. The SMILES string of the molecule is CCOc1cc2c(cc1/C=N\NC(=O)Cn1ccccc1=O)O[C@@H](C)C2. The Morgan fingerprint density at radius 1 is 1.46 bits per heavy atom.